The molecule has 3 atom stereocenters. The fourth-order valence-corrected chi connectivity index (χ4v) is 4.22. The van der Waals surface area contributed by atoms with E-state index in [1.54, 1.807) is 6.08 Å². The molecule has 0 radical (unpaired) electrons. The highest BCUT2D eigenvalue weighted by Crippen LogP contribution is 2.39. The Hall–Kier alpha value is -0.520. The number of hydrogen-bond donors (Lipinski definition) is 1. The number of allylic oxidation sites excluding steroid dienone is 1. The molecule has 0 saturated carbocycles. The minimum absolute atomic E-state index is 0.0356. The second kappa shape index (κ2) is 4.87. The number of aliphatic hydroxyl groups excluding tert-OH is 1. The Morgan fingerprint density at radius 3 is 2.72 bits per heavy atom. The number of rotatable bonds is 3. The van der Waals surface area contributed by atoms with Gasteiger partial charge in [0.05, 0.1) is 4.75 Å². The zero-order valence-electron chi connectivity index (χ0n) is 11.2. The van der Waals surface area contributed by atoms with Crippen LogP contribution in [0.2, 0.25) is 0 Å². The number of carbonyl (C=O) groups excluding carboxylic acids is 1. The molecule has 0 aromatic heterocycles. The normalized spacial score (nSPS) is 30.4. The lowest BCUT2D eigenvalue weighted by Crippen LogP contribution is -2.41. The third-order valence-corrected chi connectivity index (χ3v) is 5.40. The molecule has 1 unspecified atom stereocenters. The molecular formula is C13H21NO3S. The molecule has 0 spiro atoms. The molecule has 5 heteroatoms. The van der Waals surface area contributed by atoms with Crippen molar-refractivity contribution in [3.05, 3.63) is 11.6 Å². The zero-order chi connectivity index (χ0) is 13.5. The lowest BCUT2D eigenvalue weighted by atomic mass is 10.00. The summed E-state index contributed by atoms with van der Waals surface area (Å²) in [5, 5.41) is 9.18. The van der Waals surface area contributed by atoms with Crippen LogP contribution in [0.1, 0.15) is 33.6 Å². The van der Waals surface area contributed by atoms with Gasteiger partial charge in [0.1, 0.15) is 11.0 Å². The standard InChI is InChI=1S/C13H21NO3S/c1-13(2,3)18(17)14-8-9-6-10(16)7-11(9)12(14)4-5-15/h7,9,12,15H,4-6,8H2,1-3H3/t9-,12+,18?/m0/s1. The fraction of sp³-hybridized carbons (Fsp3) is 0.769. The smallest absolute Gasteiger partial charge is 0.156 e. The summed E-state index contributed by atoms with van der Waals surface area (Å²) >= 11 is 0. The maximum absolute atomic E-state index is 12.5. The highest BCUT2D eigenvalue weighted by Gasteiger charge is 2.45. The highest BCUT2D eigenvalue weighted by molar-refractivity contribution is 7.84. The summed E-state index contributed by atoms with van der Waals surface area (Å²) in [5.74, 6) is 0.375. The van der Waals surface area contributed by atoms with Crippen molar-refractivity contribution < 1.29 is 14.1 Å². The molecule has 0 aromatic rings. The van der Waals surface area contributed by atoms with E-state index >= 15 is 0 Å². The number of hydrogen-bond acceptors (Lipinski definition) is 3. The maximum atomic E-state index is 12.5. The number of carbonyl (C=O) groups is 1. The molecule has 102 valence electrons. The van der Waals surface area contributed by atoms with Gasteiger partial charge in [-0.1, -0.05) is 0 Å². The van der Waals surface area contributed by atoms with Crippen LogP contribution in [0.3, 0.4) is 0 Å². The van der Waals surface area contributed by atoms with Gasteiger partial charge in [0, 0.05) is 31.5 Å². The molecule has 1 aliphatic heterocycles. The molecule has 0 bridgehead atoms. The Labute approximate surface area is 111 Å². The van der Waals surface area contributed by atoms with E-state index in [9.17, 15) is 14.1 Å². The summed E-state index contributed by atoms with van der Waals surface area (Å²) in [6, 6.07) is -0.0356. The minimum atomic E-state index is -1.09. The van der Waals surface area contributed by atoms with E-state index in [0.717, 1.165) is 5.57 Å². The van der Waals surface area contributed by atoms with Crippen LogP contribution in [-0.4, -0.2) is 43.3 Å². The molecule has 2 aliphatic rings. The molecule has 2 rings (SSSR count). The van der Waals surface area contributed by atoms with Crippen LogP contribution in [0.5, 0.6) is 0 Å². The van der Waals surface area contributed by atoms with E-state index < -0.39 is 11.0 Å². The van der Waals surface area contributed by atoms with Crippen LogP contribution in [0, 0.1) is 5.92 Å². The molecule has 1 fully saturated rings. The van der Waals surface area contributed by atoms with Gasteiger partial charge in [-0.25, -0.2) is 8.51 Å². The van der Waals surface area contributed by atoms with Gasteiger partial charge in [0.15, 0.2) is 5.78 Å². The Morgan fingerprint density at radius 1 is 1.50 bits per heavy atom. The summed E-state index contributed by atoms with van der Waals surface area (Å²) in [7, 11) is -1.09. The maximum Gasteiger partial charge on any atom is 0.156 e. The van der Waals surface area contributed by atoms with Crippen molar-refractivity contribution in [1.29, 1.82) is 0 Å². The Balaban J connectivity index is 2.25. The minimum Gasteiger partial charge on any atom is -0.396 e. The summed E-state index contributed by atoms with van der Waals surface area (Å²) in [5.41, 5.74) is 1.08. The first-order valence-corrected chi connectivity index (χ1v) is 7.49. The van der Waals surface area contributed by atoms with Crippen molar-refractivity contribution in [2.75, 3.05) is 13.2 Å². The Kier molecular flexibility index (Phi) is 3.76. The summed E-state index contributed by atoms with van der Waals surface area (Å²) in [4.78, 5) is 11.4. The van der Waals surface area contributed by atoms with E-state index in [1.165, 1.54) is 0 Å². The van der Waals surface area contributed by atoms with E-state index in [2.05, 4.69) is 0 Å². The second-order valence-corrected chi connectivity index (χ2v) is 8.19. The van der Waals surface area contributed by atoms with Gasteiger partial charge >= 0.3 is 0 Å². The predicted molar refractivity (Wildman–Crippen MR) is 71.3 cm³/mol. The fourth-order valence-electron chi connectivity index (χ4n) is 2.74. The summed E-state index contributed by atoms with van der Waals surface area (Å²) in [6.07, 6.45) is 2.79. The first-order chi connectivity index (χ1) is 8.34. The van der Waals surface area contributed by atoms with Crippen molar-refractivity contribution in [3.8, 4) is 0 Å². The van der Waals surface area contributed by atoms with Crippen molar-refractivity contribution in [3.63, 3.8) is 0 Å². The monoisotopic (exact) mass is 271 g/mol. The average Bonchev–Trinajstić information content (AvgIpc) is 2.74. The Bertz CT molecular complexity index is 411. The molecule has 1 saturated heterocycles. The SMILES string of the molecule is CC(C)(C)S(=O)N1C[C@@H]2CC(=O)C=C2[C@H]1CCO. The van der Waals surface area contributed by atoms with Gasteiger partial charge in [-0.3, -0.25) is 4.79 Å². The topological polar surface area (TPSA) is 57.6 Å². The second-order valence-electron chi connectivity index (χ2n) is 6.00. The molecule has 4 nitrogen and oxygen atoms in total. The van der Waals surface area contributed by atoms with Crippen LogP contribution < -0.4 is 0 Å². The summed E-state index contributed by atoms with van der Waals surface area (Å²) in [6.45, 7) is 6.58. The molecule has 0 amide bonds. The number of fused-ring (bicyclic) bond motifs is 1. The first-order valence-electron chi connectivity index (χ1n) is 6.38. The molecule has 1 heterocycles. The van der Waals surface area contributed by atoms with Crippen molar-refractivity contribution in [2.24, 2.45) is 5.92 Å². The summed E-state index contributed by atoms with van der Waals surface area (Å²) < 4.78 is 14.2. The molecular weight excluding hydrogens is 250 g/mol. The molecule has 0 aromatic carbocycles. The number of ketones is 1. The quantitative estimate of drug-likeness (QED) is 0.834. The van der Waals surface area contributed by atoms with E-state index in [-0.39, 0.29) is 29.1 Å². The number of aliphatic hydroxyl groups is 1. The average molecular weight is 271 g/mol. The zero-order valence-corrected chi connectivity index (χ0v) is 12.0. The van der Waals surface area contributed by atoms with E-state index in [4.69, 9.17) is 0 Å². The largest absolute Gasteiger partial charge is 0.396 e. The van der Waals surface area contributed by atoms with Gasteiger partial charge in [-0.15, -0.1) is 0 Å². The van der Waals surface area contributed by atoms with Crippen molar-refractivity contribution >= 4 is 16.8 Å². The van der Waals surface area contributed by atoms with Gasteiger partial charge in [-0.05, 0) is 38.8 Å². The van der Waals surface area contributed by atoms with Crippen LogP contribution in [-0.2, 0) is 15.8 Å². The lowest BCUT2D eigenvalue weighted by Gasteiger charge is -2.30. The third kappa shape index (κ3) is 2.44. The van der Waals surface area contributed by atoms with Gasteiger partial charge in [-0.2, -0.15) is 0 Å². The number of nitrogens with zero attached hydrogens (tertiary/aromatic N) is 1. The highest BCUT2D eigenvalue weighted by atomic mass is 32.2. The lowest BCUT2D eigenvalue weighted by molar-refractivity contribution is -0.114. The molecule has 18 heavy (non-hydrogen) atoms. The van der Waals surface area contributed by atoms with Gasteiger partial charge in [0.25, 0.3) is 0 Å². The molecule has 1 aliphatic carbocycles. The van der Waals surface area contributed by atoms with Crippen molar-refractivity contribution in [1.82, 2.24) is 4.31 Å². The predicted octanol–water partition coefficient (Wildman–Crippen LogP) is 1.03. The van der Waals surface area contributed by atoms with Crippen molar-refractivity contribution in [2.45, 2.75) is 44.4 Å². The first kappa shape index (κ1) is 13.9. The third-order valence-electron chi connectivity index (χ3n) is 3.52. The van der Waals surface area contributed by atoms with Crippen LogP contribution in [0.25, 0.3) is 0 Å². The van der Waals surface area contributed by atoms with E-state index in [0.29, 0.717) is 19.4 Å². The molecule has 1 N–H and O–H groups in total. The van der Waals surface area contributed by atoms with Crippen LogP contribution in [0.15, 0.2) is 11.6 Å². The van der Waals surface area contributed by atoms with E-state index in [1.807, 2.05) is 25.1 Å². The van der Waals surface area contributed by atoms with Crippen LogP contribution >= 0.6 is 0 Å². The van der Waals surface area contributed by atoms with Gasteiger partial charge in [0.2, 0.25) is 0 Å². The van der Waals surface area contributed by atoms with Crippen LogP contribution in [0.4, 0.5) is 0 Å². The Morgan fingerprint density at radius 2 is 2.17 bits per heavy atom. The van der Waals surface area contributed by atoms with Gasteiger partial charge < -0.3 is 5.11 Å².